The Hall–Kier alpha value is -1.30. The minimum absolute atomic E-state index is 0.244. The van der Waals surface area contributed by atoms with Crippen LogP contribution in [0.1, 0.15) is 72.1 Å². The smallest absolute Gasteiger partial charge is 0.348 e. The van der Waals surface area contributed by atoms with Crippen molar-refractivity contribution in [2.45, 2.75) is 72.1 Å². The summed E-state index contributed by atoms with van der Waals surface area (Å²) in [4.78, 5) is 11.8. The van der Waals surface area contributed by atoms with E-state index in [1.54, 1.807) is 6.92 Å². The third kappa shape index (κ3) is 7.66. The monoisotopic (exact) mass is 265 g/mol. The molecule has 0 aromatic carbocycles. The fraction of sp³-hybridized carbons (Fsp3) is 0.750. The van der Waals surface area contributed by atoms with Crippen molar-refractivity contribution in [1.82, 2.24) is 0 Å². The summed E-state index contributed by atoms with van der Waals surface area (Å²) in [5, 5.41) is 9.20. The molecule has 0 aliphatic heterocycles. The van der Waals surface area contributed by atoms with E-state index in [2.05, 4.69) is 13.8 Å². The quantitative estimate of drug-likeness (QED) is 0.252. The van der Waals surface area contributed by atoms with Crippen LogP contribution >= 0.6 is 0 Å². The van der Waals surface area contributed by atoms with Gasteiger partial charge in [0.25, 0.3) is 0 Å². The van der Waals surface area contributed by atoms with Crippen molar-refractivity contribution in [2.75, 3.05) is 6.61 Å². The zero-order valence-corrected chi connectivity index (χ0v) is 12.6. The van der Waals surface area contributed by atoms with E-state index in [0.717, 1.165) is 56.9 Å². The number of allylic oxidation sites excluding steroid dienone is 1. The van der Waals surface area contributed by atoms with Crippen LogP contribution in [-0.2, 0) is 9.53 Å². The number of hydrogen-bond donors (Lipinski definition) is 0. The van der Waals surface area contributed by atoms with Gasteiger partial charge in [-0.25, -0.2) is 4.79 Å². The fourth-order valence-electron chi connectivity index (χ4n) is 2.02. The molecule has 0 unspecified atom stereocenters. The average molecular weight is 265 g/mol. The van der Waals surface area contributed by atoms with Gasteiger partial charge in [-0.05, 0) is 38.2 Å². The summed E-state index contributed by atoms with van der Waals surface area (Å²) in [5.74, 6) is -0.451. The van der Waals surface area contributed by atoms with Crippen LogP contribution in [-0.4, -0.2) is 12.6 Å². The zero-order valence-electron chi connectivity index (χ0n) is 12.6. The summed E-state index contributed by atoms with van der Waals surface area (Å²) in [6.45, 7) is 6.38. The van der Waals surface area contributed by atoms with E-state index in [4.69, 9.17) is 4.74 Å². The van der Waals surface area contributed by atoms with Crippen LogP contribution in [0.5, 0.6) is 0 Å². The highest BCUT2D eigenvalue weighted by molar-refractivity contribution is 5.93. The van der Waals surface area contributed by atoms with Crippen LogP contribution in [0.3, 0.4) is 0 Å². The largest absolute Gasteiger partial charge is 0.462 e. The molecule has 0 heterocycles. The Balaban J connectivity index is 4.79. The summed E-state index contributed by atoms with van der Waals surface area (Å²) in [7, 11) is 0. The molecule has 3 nitrogen and oxygen atoms in total. The van der Waals surface area contributed by atoms with E-state index in [1.165, 1.54) is 0 Å². The lowest BCUT2D eigenvalue weighted by molar-refractivity contribution is -0.138. The third-order valence-corrected chi connectivity index (χ3v) is 3.11. The highest BCUT2D eigenvalue weighted by Crippen LogP contribution is 2.21. The lowest BCUT2D eigenvalue weighted by Gasteiger charge is -2.10. The number of esters is 1. The standard InChI is InChI=1S/C16H27NO2/c1-4-7-9-11-14(12-10-8-5-2)15(13-17)16(18)19-6-3/h4-12H2,1-3H3. The molecular weight excluding hydrogens is 238 g/mol. The normalized spacial score (nSPS) is 9.79. The maximum atomic E-state index is 11.8. The van der Waals surface area contributed by atoms with Gasteiger partial charge in [0.05, 0.1) is 6.61 Å². The van der Waals surface area contributed by atoms with Gasteiger partial charge in [-0.2, -0.15) is 5.26 Å². The topological polar surface area (TPSA) is 50.1 Å². The van der Waals surface area contributed by atoms with E-state index in [9.17, 15) is 10.1 Å². The summed E-state index contributed by atoms with van der Waals surface area (Å²) in [5.41, 5.74) is 1.23. The minimum Gasteiger partial charge on any atom is -0.462 e. The van der Waals surface area contributed by atoms with Gasteiger partial charge in [0, 0.05) is 0 Å². The molecule has 0 spiro atoms. The molecule has 0 saturated heterocycles. The van der Waals surface area contributed by atoms with Crippen LogP contribution < -0.4 is 0 Å². The molecule has 0 aliphatic carbocycles. The van der Waals surface area contributed by atoms with Gasteiger partial charge in [0.1, 0.15) is 11.6 Å². The molecule has 0 rings (SSSR count). The molecule has 0 radical (unpaired) electrons. The number of nitrogens with zero attached hydrogens (tertiary/aromatic N) is 1. The molecule has 0 atom stereocenters. The molecule has 0 bridgehead atoms. The Morgan fingerprint density at radius 1 is 1.00 bits per heavy atom. The number of hydrogen-bond acceptors (Lipinski definition) is 3. The Kier molecular flexibility index (Phi) is 11.0. The van der Waals surface area contributed by atoms with E-state index in [0.29, 0.717) is 6.61 Å². The summed E-state index contributed by atoms with van der Waals surface area (Å²) in [6.07, 6.45) is 8.34. The predicted molar refractivity (Wildman–Crippen MR) is 77.6 cm³/mol. The molecule has 0 N–H and O–H groups in total. The zero-order chi connectivity index (χ0) is 14.5. The molecule has 0 amide bonds. The van der Waals surface area contributed by atoms with Crippen LogP contribution in [0.2, 0.25) is 0 Å². The maximum Gasteiger partial charge on any atom is 0.348 e. The van der Waals surface area contributed by atoms with Crippen molar-refractivity contribution < 1.29 is 9.53 Å². The minimum atomic E-state index is -0.451. The van der Waals surface area contributed by atoms with Gasteiger partial charge in [-0.1, -0.05) is 39.5 Å². The Morgan fingerprint density at radius 3 is 1.89 bits per heavy atom. The van der Waals surface area contributed by atoms with Crippen LogP contribution in [0.25, 0.3) is 0 Å². The van der Waals surface area contributed by atoms with Crippen molar-refractivity contribution in [3.8, 4) is 6.07 Å². The molecule has 0 fully saturated rings. The van der Waals surface area contributed by atoms with Crippen molar-refractivity contribution in [1.29, 1.82) is 5.26 Å². The molecule has 0 aromatic rings. The number of carbonyl (C=O) groups excluding carboxylic acids is 1. The molecule has 3 heteroatoms. The lowest BCUT2D eigenvalue weighted by atomic mass is 9.96. The van der Waals surface area contributed by atoms with Crippen molar-refractivity contribution in [3.63, 3.8) is 0 Å². The Bertz CT molecular complexity index is 314. The molecule has 0 aromatic heterocycles. The molecular formula is C16H27NO2. The van der Waals surface area contributed by atoms with Crippen LogP contribution in [0.4, 0.5) is 0 Å². The SMILES string of the molecule is CCCCCC(CCCCC)=C(C#N)C(=O)OCC. The Labute approximate surface area is 117 Å². The number of rotatable bonds is 10. The van der Waals surface area contributed by atoms with Gasteiger partial charge in [0.2, 0.25) is 0 Å². The molecule has 0 aliphatic rings. The first-order chi connectivity index (χ1) is 9.21. The van der Waals surface area contributed by atoms with E-state index in [1.807, 2.05) is 6.07 Å². The number of ether oxygens (including phenoxy) is 1. The van der Waals surface area contributed by atoms with Crippen molar-refractivity contribution >= 4 is 5.97 Å². The summed E-state index contributed by atoms with van der Waals surface area (Å²) >= 11 is 0. The predicted octanol–water partition coefficient (Wildman–Crippen LogP) is 4.53. The van der Waals surface area contributed by atoms with E-state index >= 15 is 0 Å². The van der Waals surface area contributed by atoms with E-state index in [-0.39, 0.29) is 5.57 Å². The molecule has 19 heavy (non-hydrogen) atoms. The van der Waals surface area contributed by atoms with E-state index < -0.39 is 5.97 Å². The fourth-order valence-corrected chi connectivity index (χ4v) is 2.02. The molecule has 0 saturated carbocycles. The lowest BCUT2D eigenvalue weighted by Crippen LogP contribution is -2.09. The Morgan fingerprint density at radius 2 is 1.53 bits per heavy atom. The van der Waals surface area contributed by atoms with Crippen molar-refractivity contribution in [3.05, 3.63) is 11.1 Å². The second-order valence-corrected chi connectivity index (χ2v) is 4.73. The molecule has 108 valence electrons. The maximum absolute atomic E-state index is 11.8. The van der Waals surface area contributed by atoms with Crippen LogP contribution in [0.15, 0.2) is 11.1 Å². The van der Waals surface area contributed by atoms with Gasteiger partial charge in [-0.3, -0.25) is 0 Å². The number of unbranched alkanes of at least 4 members (excludes halogenated alkanes) is 4. The second kappa shape index (κ2) is 11.8. The van der Waals surface area contributed by atoms with Crippen LogP contribution in [0, 0.1) is 11.3 Å². The van der Waals surface area contributed by atoms with Crippen molar-refractivity contribution in [2.24, 2.45) is 0 Å². The third-order valence-electron chi connectivity index (χ3n) is 3.11. The first-order valence-electron chi connectivity index (χ1n) is 7.50. The average Bonchev–Trinajstić information content (AvgIpc) is 2.40. The number of nitriles is 1. The van der Waals surface area contributed by atoms with Gasteiger partial charge < -0.3 is 4.74 Å². The van der Waals surface area contributed by atoms with Gasteiger partial charge >= 0.3 is 5.97 Å². The van der Waals surface area contributed by atoms with Gasteiger partial charge in [0.15, 0.2) is 0 Å². The highest BCUT2D eigenvalue weighted by Gasteiger charge is 2.15. The van der Waals surface area contributed by atoms with Gasteiger partial charge in [-0.15, -0.1) is 0 Å². The first-order valence-corrected chi connectivity index (χ1v) is 7.50. The second-order valence-electron chi connectivity index (χ2n) is 4.73. The number of carbonyl (C=O) groups is 1. The summed E-state index contributed by atoms with van der Waals surface area (Å²) in [6, 6.07) is 2.05. The highest BCUT2D eigenvalue weighted by atomic mass is 16.5. The first kappa shape index (κ1) is 17.7. The summed E-state index contributed by atoms with van der Waals surface area (Å²) < 4.78 is 4.97.